The fourth-order valence-corrected chi connectivity index (χ4v) is 6.40. The average molecular weight is 333 g/mol. The highest BCUT2D eigenvalue weighted by atomic mass is 32.2. The zero-order valence-corrected chi connectivity index (χ0v) is 14.4. The van der Waals surface area contributed by atoms with E-state index in [1.807, 2.05) is 35.7 Å². The van der Waals surface area contributed by atoms with E-state index in [1.54, 1.807) is 0 Å². The number of rotatable bonds is 2. The number of anilines is 2. The Hall–Kier alpha value is -0.910. The Morgan fingerprint density at radius 2 is 1.29 bits per heavy atom. The predicted molar refractivity (Wildman–Crippen MR) is 96.4 cm³/mol. The molecule has 21 heavy (non-hydrogen) atoms. The maximum Gasteiger partial charge on any atom is 0.0814 e. The van der Waals surface area contributed by atoms with Crippen LogP contribution in [0.5, 0.6) is 0 Å². The lowest BCUT2D eigenvalue weighted by Gasteiger charge is -2.26. The van der Waals surface area contributed by atoms with Crippen molar-refractivity contribution in [2.75, 3.05) is 20.4 Å². The molecule has 2 aliphatic rings. The topological polar surface area (TPSA) is 6.48 Å². The highest BCUT2D eigenvalue weighted by molar-refractivity contribution is 8.07. The first-order valence-corrected chi connectivity index (χ1v) is 9.62. The summed E-state index contributed by atoms with van der Waals surface area (Å²) in [6.07, 6.45) is 0. The van der Waals surface area contributed by atoms with Gasteiger partial charge in [0, 0.05) is 9.79 Å². The van der Waals surface area contributed by atoms with E-state index in [0.717, 1.165) is 11.8 Å². The molecule has 4 rings (SSSR count). The molecule has 2 aliphatic heterocycles. The molecule has 2 aromatic rings. The average Bonchev–Trinajstić information content (AvgIpc) is 3.06. The first-order valence-electron chi connectivity index (χ1n) is 6.92. The van der Waals surface area contributed by atoms with Gasteiger partial charge in [-0.05, 0) is 37.1 Å². The largest absolute Gasteiger partial charge is 0.287 e. The molecule has 0 aromatic heterocycles. The molecule has 0 saturated carbocycles. The number of fused-ring (bicyclic) bond motifs is 2. The normalized spacial score (nSPS) is 16.3. The summed E-state index contributed by atoms with van der Waals surface area (Å²) in [5.74, 6) is 2.04. The van der Waals surface area contributed by atoms with E-state index < -0.39 is 0 Å². The van der Waals surface area contributed by atoms with Crippen LogP contribution in [0.3, 0.4) is 0 Å². The zero-order chi connectivity index (χ0) is 14.4. The summed E-state index contributed by atoms with van der Waals surface area (Å²) in [5, 5.41) is 0. The number of nitrogens with zero attached hydrogens (tertiary/aromatic N) is 2. The Bertz CT molecular complexity index is 642. The van der Waals surface area contributed by atoms with Gasteiger partial charge in [-0.2, -0.15) is 0 Å². The van der Waals surface area contributed by atoms with E-state index in [2.05, 4.69) is 58.9 Å². The summed E-state index contributed by atoms with van der Waals surface area (Å²) in [7, 11) is 0. The maximum absolute atomic E-state index is 2.43. The Morgan fingerprint density at radius 3 is 1.76 bits per heavy atom. The van der Waals surface area contributed by atoms with Crippen molar-refractivity contribution >= 4 is 47.0 Å². The summed E-state index contributed by atoms with van der Waals surface area (Å²) < 4.78 is 4.86. The molecule has 0 radical (unpaired) electrons. The second-order valence-corrected chi connectivity index (χ2v) is 8.25. The third kappa shape index (κ3) is 2.31. The molecule has 2 heterocycles. The van der Waals surface area contributed by atoms with Crippen molar-refractivity contribution in [3.63, 3.8) is 0 Å². The van der Waals surface area contributed by atoms with Crippen LogP contribution < -0.4 is 8.61 Å². The molecule has 0 saturated heterocycles. The van der Waals surface area contributed by atoms with Crippen molar-refractivity contribution in [1.29, 1.82) is 0 Å². The fraction of sp³-hybridized carbons (Fsp3) is 0.250. The number of benzene rings is 2. The third-order valence-electron chi connectivity index (χ3n) is 3.77. The van der Waals surface area contributed by atoms with Crippen molar-refractivity contribution < 1.29 is 0 Å². The second-order valence-electron chi connectivity index (χ2n) is 5.23. The maximum atomic E-state index is 2.43. The van der Waals surface area contributed by atoms with Crippen molar-refractivity contribution in [2.45, 2.75) is 23.6 Å². The number of hydrogen-bond donors (Lipinski definition) is 0. The third-order valence-corrected chi connectivity index (χ3v) is 7.17. The molecule has 0 atom stereocenters. The van der Waals surface area contributed by atoms with E-state index in [9.17, 15) is 0 Å². The van der Waals surface area contributed by atoms with Gasteiger partial charge in [-0.25, -0.2) is 0 Å². The first kappa shape index (κ1) is 13.7. The van der Waals surface area contributed by atoms with E-state index >= 15 is 0 Å². The molecule has 2 nitrogen and oxygen atoms in total. The lowest BCUT2D eigenvalue weighted by atomic mass is 10.2. The Labute approximate surface area is 138 Å². The van der Waals surface area contributed by atoms with Crippen LogP contribution >= 0.6 is 35.7 Å². The lowest BCUT2D eigenvalue weighted by Crippen LogP contribution is -2.21. The van der Waals surface area contributed by atoms with Gasteiger partial charge >= 0.3 is 0 Å². The lowest BCUT2D eigenvalue weighted by molar-refractivity contribution is 1.21. The van der Waals surface area contributed by atoms with Gasteiger partial charge in [0.25, 0.3) is 0 Å². The fourth-order valence-electron chi connectivity index (χ4n) is 2.77. The summed E-state index contributed by atoms with van der Waals surface area (Å²) in [6.45, 7) is 4.41. The monoisotopic (exact) mass is 332 g/mol. The Kier molecular flexibility index (Phi) is 3.52. The van der Waals surface area contributed by atoms with Crippen LogP contribution in [0.4, 0.5) is 11.4 Å². The highest BCUT2D eigenvalue weighted by Crippen LogP contribution is 2.49. The first-order chi connectivity index (χ1) is 10.2. The Balaban J connectivity index is 1.64. The molecule has 2 aromatic carbocycles. The number of aryl methyl sites for hydroxylation is 2. The molecule has 0 spiro atoms. The van der Waals surface area contributed by atoms with Gasteiger partial charge < -0.3 is 0 Å². The predicted octanol–water partition coefficient (Wildman–Crippen LogP) is 5.31. The molecule has 0 bridgehead atoms. The van der Waals surface area contributed by atoms with E-state index in [-0.39, 0.29) is 0 Å². The van der Waals surface area contributed by atoms with Gasteiger partial charge in [-0.15, -0.1) is 23.5 Å². The number of para-hydroxylation sites is 2. The standard InChI is InChI=1S/C16H16N2S3/c1-11-5-3-7-13-15(11)17(9-19-13)21-18-10-20-14-8-4-6-12(2)16(14)18/h3-8H,9-10H2,1-2H3. The van der Waals surface area contributed by atoms with Gasteiger partial charge in [0.2, 0.25) is 0 Å². The molecule has 108 valence electrons. The van der Waals surface area contributed by atoms with Crippen LogP contribution in [0.1, 0.15) is 11.1 Å². The summed E-state index contributed by atoms with van der Waals surface area (Å²) in [4.78, 5) is 2.80. The molecule has 0 amide bonds. The second kappa shape index (κ2) is 5.38. The zero-order valence-electron chi connectivity index (χ0n) is 12.0. The van der Waals surface area contributed by atoms with Gasteiger partial charge in [-0.3, -0.25) is 8.61 Å². The van der Waals surface area contributed by atoms with E-state index in [1.165, 1.54) is 32.3 Å². The van der Waals surface area contributed by atoms with Crippen LogP contribution in [-0.2, 0) is 0 Å². The van der Waals surface area contributed by atoms with Gasteiger partial charge in [0.1, 0.15) is 0 Å². The minimum Gasteiger partial charge on any atom is -0.287 e. The minimum atomic E-state index is 1.02. The number of thioether (sulfide) groups is 2. The minimum absolute atomic E-state index is 1.02. The Morgan fingerprint density at radius 1 is 0.810 bits per heavy atom. The molecule has 0 unspecified atom stereocenters. The van der Waals surface area contributed by atoms with Crippen LogP contribution in [0.2, 0.25) is 0 Å². The molecule has 0 fully saturated rings. The van der Waals surface area contributed by atoms with Crippen LogP contribution in [0, 0.1) is 13.8 Å². The molecule has 0 N–H and O–H groups in total. The quantitative estimate of drug-likeness (QED) is 0.686. The summed E-state index contributed by atoms with van der Waals surface area (Å²) in [6, 6.07) is 13.2. The highest BCUT2D eigenvalue weighted by Gasteiger charge is 2.29. The van der Waals surface area contributed by atoms with Crippen LogP contribution in [0.25, 0.3) is 0 Å². The molecule has 5 heteroatoms. The van der Waals surface area contributed by atoms with Gasteiger partial charge in [0.15, 0.2) is 0 Å². The van der Waals surface area contributed by atoms with Crippen molar-refractivity contribution in [3.8, 4) is 0 Å². The van der Waals surface area contributed by atoms with Crippen LogP contribution in [-0.4, -0.2) is 11.8 Å². The molecular weight excluding hydrogens is 316 g/mol. The number of hydrogen-bond acceptors (Lipinski definition) is 5. The van der Waals surface area contributed by atoms with Crippen molar-refractivity contribution in [1.82, 2.24) is 0 Å². The smallest absolute Gasteiger partial charge is 0.0814 e. The van der Waals surface area contributed by atoms with Gasteiger partial charge in [-0.1, -0.05) is 24.3 Å². The SMILES string of the molecule is Cc1cccc2c1N(SN1CSc3cccc(C)c31)CS2. The summed E-state index contributed by atoms with van der Waals surface area (Å²) >= 11 is 5.71. The van der Waals surface area contributed by atoms with E-state index in [0.29, 0.717) is 0 Å². The van der Waals surface area contributed by atoms with Crippen LogP contribution in [0.15, 0.2) is 46.2 Å². The van der Waals surface area contributed by atoms with Gasteiger partial charge in [0.05, 0.1) is 35.3 Å². The van der Waals surface area contributed by atoms with E-state index in [4.69, 9.17) is 0 Å². The molecule has 0 aliphatic carbocycles. The summed E-state index contributed by atoms with van der Waals surface area (Å²) in [5.41, 5.74) is 5.50. The molecular formula is C16H16N2S3. The van der Waals surface area contributed by atoms with Crippen molar-refractivity contribution in [3.05, 3.63) is 47.5 Å². The van der Waals surface area contributed by atoms with Crippen molar-refractivity contribution in [2.24, 2.45) is 0 Å².